The van der Waals surface area contributed by atoms with Gasteiger partial charge in [0.15, 0.2) is 0 Å². The molecule has 2 amide bonds. The molecule has 0 unspecified atom stereocenters. The number of aromatic nitrogens is 3. The lowest BCUT2D eigenvalue weighted by Gasteiger charge is -2.39. The minimum Gasteiger partial charge on any atom is -0.347 e. The minimum atomic E-state index is -0.0945. The van der Waals surface area contributed by atoms with Crippen LogP contribution in [0.3, 0.4) is 0 Å². The highest BCUT2D eigenvalue weighted by Crippen LogP contribution is 2.23. The van der Waals surface area contributed by atoms with Crippen molar-refractivity contribution >= 4 is 11.7 Å². The molecule has 0 radical (unpaired) electrons. The second kappa shape index (κ2) is 6.78. The quantitative estimate of drug-likeness (QED) is 0.908. The van der Waals surface area contributed by atoms with Crippen molar-refractivity contribution in [1.29, 1.82) is 0 Å². The predicted molar refractivity (Wildman–Crippen MR) is 88.1 cm³/mol. The van der Waals surface area contributed by atoms with Crippen LogP contribution in [0.2, 0.25) is 0 Å². The third-order valence-corrected chi connectivity index (χ3v) is 4.18. The number of aromatic amines is 1. The molecule has 0 aromatic carbocycles. The van der Waals surface area contributed by atoms with E-state index in [1.165, 1.54) is 0 Å². The fraction of sp³-hybridized carbons (Fsp3) is 0.438. The number of anilines is 1. The smallest absolute Gasteiger partial charge is 0.321 e. The molecule has 0 aliphatic carbocycles. The van der Waals surface area contributed by atoms with Crippen molar-refractivity contribution in [3.8, 4) is 0 Å². The number of amides is 2. The van der Waals surface area contributed by atoms with E-state index in [-0.39, 0.29) is 12.1 Å². The Kier molecular flexibility index (Phi) is 4.57. The molecule has 2 aromatic rings. The third kappa shape index (κ3) is 3.50. The lowest BCUT2D eigenvalue weighted by Crippen LogP contribution is -2.51. The first-order valence-corrected chi connectivity index (χ1v) is 7.89. The van der Waals surface area contributed by atoms with Gasteiger partial charge in [-0.2, -0.15) is 0 Å². The maximum absolute atomic E-state index is 12.5. The number of carbonyl (C=O) groups excluding carboxylic acids is 1. The first-order chi connectivity index (χ1) is 11.2. The second-order valence-electron chi connectivity index (χ2n) is 5.68. The van der Waals surface area contributed by atoms with Gasteiger partial charge in [0.05, 0.1) is 17.9 Å². The first kappa shape index (κ1) is 15.5. The SMILES string of the molecule is CCN1CCN(C(=O)Nc2ccc(C)nc2)C[C@H]1c1ncc[nH]1. The van der Waals surface area contributed by atoms with Crippen molar-refractivity contribution in [2.24, 2.45) is 0 Å². The van der Waals surface area contributed by atoms with E-state index in [4.69, 9.17) is 0 Å². The summed E-state index contributed by atoms with van der Waals surface area (Å²) in [5.41, 5.74) is 1.64. The molecular formula is C16H22N6O. The van der Waals surface area contributed by atoms with Crippen molar-refractivity contribution in [3.63, 3.8) is 0 Å². The van der Waals surface area contributed by atoms with Gasteiger partial charge < -0.3 is 15.2 Å². The number of nitrogens with zero attached hydrogens (tertiary/aromatic N) is 4. The van der Waals surface area contributed by atoms with Crippen molar-refractivity contribution < 1.29 is 4.79 Å². The number of imidazole rings is 1. The highest BCUT2D eigenvalue weighted by molar-refractivity contribution is 5.89. The van der Waals surface area contributed by atoms with E-state index >= 15 is 0 Å². The van der Waals surface area contributed by atoms with Gasteiger partial charge in [-0.05, 0) is 25.6 Å². The third-order valence-electron chi connectivity index (χ3n) is 4.18. The molecule has 1 saturated heterocycles. The Morgan fingerprint density at radius 2 is 2.26 bits per heavy atom. The largest absolute Gasteiger partial charge is 0.347 e. The van der Waals surface area contributed by atoms with E-state index in [0.717, 1.165) is 24.6 Å². The molecule has 7 nitrogen and oxygen atoms in total. The maximum atomic E-state index is 12.5. The molecule has 1 atom stereocenters. The fourth-order valence-electron chi connectivity index (χ4n) is 2.85. The summed E-state index contributed by atoms with van der Waals surface area (Å²) < 4.78 is 0. The Hall–Kier alpha value is -2.41. The van der Waals surface area contributed by atoms with E-state index in [1.807, 2.05) is 30.2 Å². The van der Waals surface area contributed by atoms with Crippen LogP contribution in [0.4, 0.5) is 10.5 Å². The standard InChI is InChI=1S/C16H22N6O/c1-3-21-8-9-22(11-14(21)15-17-6-7-18-15)16(23)20-13-5-4-12(2)19-10-13/h4-7,10,14H,3,8-9,11H2,1-2H3,(H,17,18)(H,20,23)/t14-/m0/s1. The topological polar surface area (TPSA) is 77.2 Å². The van der Waals surface area contributed by atoms with Gasteiger partial charge in [0.2, 0.25) is 0 Å². The molecule has 1 fully saturated rings. The van der Waals surface area contributed by atoms with Crippen molar-refractivity contribution in [2.75, 3.05) is 31.5 Å². The maximum Gasteiger partial charge on any atom is 0.321 e. The molecule has 23 heavy (non-hydrogen) atoms. The van der Waals surface area contributed by atoms with Gasteiger partial charge in [-0.1, -0.05) is 6.92 Å². The van der Waals surface area contributed by atoms with Gasteiger partial charge in [0.1, 0.15) is 5.82 Å². The fourth-order valence-corrected chi connectivity index (χ4v) is 2.85. The molecule has 7 heteroatoms. The van der Waals surface area contributed by atoms with Crippen LogP contribution in [0.5, 0.6) is 0 Å². The number of H-pyrrole nitrogens is 1. The Morgan fingerprint density at radius 1 is 1.39 bits per heavy atom. The molecule has 2 aromatic heterocycles. The molecule has 1 aliphatic rings. The summed E-state index contributed by atoms with van der Waals surface area (Å²) in [7, 11) is 0. The number of hydrogen-bond acceptors (Lipinski definition) is 4. The first-order valence-electron chi connectivity index (χ1n) is 7.89. The summed E-state index contributed by atoms with van der Waals surface area (Å²) in [4.78, 5) is 28.4. The molecule has 122 valence electrons. The summed E-state index contributed by atoms with van der Waals surface area (Å²) in [6.45, 7) is 7.14. The molecular weight excluding hydrogens is 292 g/mol. The number of piperazine rings is 1. The van der Waals surface area contributed by atoms with E-state index < -0.39 is 0 Å². The highest BCUT2D eigenvalue weighted by atomic mass is 16.2. The zero-order valence-corrected chi connectivity index (χ0v) is 13.5. The number of aryl methyl sites for hydroxylation is 1. The number of nitrogens with one attached hydrogen (secondary N) is 2. The molecule has 0 bridgehead atoms. The Balaban J connectivity index is 1.68. The van der Waals surface area contributed by atoms with Crippen LogP contribution >= 0.6 is 0 Å². The molecule has 3 heterocycles. The van der Waals surface area contributed by atoms with Crippen molar-refractivity contribution in [3.05, 3.63) is 42.2 Å². The van der Waals surface area contributed by atoms with Gasteiger partial charge in [0.25, 0.3) is 0 Å². The van der Waals surface area contributed by atoms with Gasteiger partial charge in [0, 0.05) is 37.7 Å². The number of pyridine rings is 1. The zero-order chi connectivity index (χ0) is 16.2. The average molecular weight is 314 g/mol. The van der Waals surface area contributed by atoms with E-state index in [9.17, 15) is 4.79 Å². The number of hydrogen-bond donors (Lipinski definition) is 2. The summed E-state index contributed by atoms with van der Waals surface area (Å²) >= 11 is 0. The zero-order valence-electron chi connectivity index (χ0n) is 13.5. The lowest BCUT2D eigenvalue weighted by molar-refractivity contribution is 0.0946. The van der Waals surface area contributed by atoms with Gasteiger partial charge in [-0.3, -0.25) is 9.88 Å². The van der Waals surface area contributed by atoms with E-state index in [1.54, 1.807) is 12.4 Å². The summed E-state index contributed by atoms with van der Waals surface area (Å²) in [5, 5.41) is 2.91. The number of carbonyl (C=O) groups is 1. The van der Waals surface area contributed by atoms with Gasteiger partial charge in [-0.15, -0.1) is 0 Å². The lowest BCUT2D eigenvalue weighted by atomic mass is 10.1. The van der Waals surface area contributed by atoms with Gasteiger partial charge >= 0.3 is 6.03 Å². The number of urea groups is 1. The molecule has 3 rings (SSSR count). The van der Waals surface area contributed by atoms with Crippen LogP contribution in [0, 0.1) is 6.92 Å². The molecule has 2 N–H and O–H groups in total. The number of rotatable bonds is 3. The highest BCUT2D eigenvalue weighted by Gasteiger charge is 2.31. The van der Waals surface area contributed by atoms with E-state index in [0.29, 0.717) is 18.8 Å². The van der Waals surface area contributed by atoms with Crippen molar-refractivity contribution in [1.82, 2.24) is 24.8 Å². The van der Waals surface area contributed by atoms with Crippen LogP contribution in [0.15, 0.2) is 30.7 Å². The Labute approximate surface area is 135 Å². The molecule has 0 spiro atoms. The van der Waals surface area contributed by atoms with Crippen molar-refractivity contribution in [2.45, 2.75) is 19.9 Å². The minimum absolute atomic E-state index is 0.0945. The molecule has 1 aliphatic heterocycles. The Morgan fingerprint density at radius 3 is 2.91 bits per heavy atom. The van der Waals surface area contributed by atoms with Gasteiger partial charge in [-0.25, -0.2) is 9.78 Å². The Bertz CT molecular complexity index is 639. The summed E-state index contributed by atoms with van der Waals surface area (Å²) in [6, 6.07) is 3.76. The van der Waals surface area contributed by atoms with Crippen LogP contribution in [-0.4, -0.2) is 57.0 Å². The van der Waals surface area contributed by atoms with Crippen LogP contribution < -0.4 is 5.32 Å². The average Bonchev–Trinajstić information content (AvgIpc) is 3.10. The number of likely N-dealkylation sites (N-methyl/N-ethyl adjacent to an activating group) is 1. The normalized spacial score (nSPS) is 18.9. The van der Waals surface area contributed by atoms with Crippen LogP contribution in [0.1, 0.15) is 24.5 Å². The molecule has 0 saturated carbocycles. The summed E-state index contributed by atoms with van der Waals surface area (Å²) in [5.74, 6) is 0.904. The van der Waals surface area contributed by atoms with Crippen LogP contribution in [-0.2, 0) is 0 Å². The van der Waals surface area contributed by atoms with E-state index in [2.05, 4.69) is 32.1 Å². The second-order valence-corrected chi connectivity index (χ2v) is 5.68. The predicted octanol–water partition coefficient (Wildman–Crippen LogP) is 2.02. The van der Waals surface area contributed by atoms with Crippen LogP contribution in [0.25, 0.3) is 0 Å². The summed E-state index contributed by atoms with van der Waals surface area (Å²) in [6.07, 6.45) is 5.25. The monoisotopic (exact) mass is 314 g/mol.